The Morgan fingerprint density at radius 1 is 1.32 bits per heavy atom. The van der Waals surface area contributed by atoms with Crippen LogP contribution in [0.15, 0.2) is 4.52 Å². The Morgan fingerprint density at radius 3 is 2.68 bits per heavy atom. The van der Waals surface area contributed by atoms with Gasteiger partial charge >= 0.3 is 5.97 Å². The van der Waals surface area contributed by atoms with E-state index in [2.05, 4.69) is 31.2 Å². The number of hydrogen-bond donors (Lipinski definition) is 1. The van der Waals surface area contributed by atoms with Crippen molar-refractivity contribution in [2.24, 2.45) is 11.3 Å². The number of ether oxygens (including phenoxy) is 1. The molecule has 1 N–H and O–H groups in total. The lowest BCUT2D eigenvalue weighted by Gasteiger charge is -2.33. The van der Waals surface area contributed by atoms with Gasteiger partial charge in [0.25, 0.3) is 5.91 Å². The highest BCUT2D eigenvalue weighted by Gasteiger charge is 2.34. The molecule has 28 heavy (non-hydrogen) atoms. The summed E-state index contributed by atoms with van der Waals surface area (Å²) in [5, 5.41) is 7.42. The highest BCUT2D eigenvalue weighted by atomic mass is 32.1. The topological polar surface area (TPSA) is 81.4 Å². The highest BCUT2D eigenvalue weighted by Crippen LogP contribution is 2.39. The number of thiophene rings is 1. The molecule has 0 saturated heterocycles. The average molecular weight is 405 g/mol. The van der Waals surface area contributed by atoms with E-state index in [0.29, 0.717) is 22.2 Å². The Labute approximate surface area is 169 Å². The van der Waals surface area contributed by atoms with E-state index in [1.54, 1.807) is 6.92 Å². The minimum Gasteiger partial charge on any atom is -0.462 e. The van der Waals surface area contributed by atoms with Crippen molar-refractivity contribution in [3.05, 3.63) is 33.0 Å². The fourth-order valence-corrected chi connectivity index (χ4v) is 4.69. The first-order chi connectivity index (χ1) is 13.1. The van der Waals surface area contributed by atoms with E-state index in [0.717, 1.165) is 41.0 Å². The van der Waals surface area contributed by atoms with Gasteiger partial charge in [0.05, 0.1) is 12.2 Å². The molecule has 3 rings (SSSR count). The van der Waals surface area contributed by atoms with Gasteiger partial charge in [-0.3, -0.25) is 4.79 Å². The minimum atomic E-state index is -0.422. The van der Waals surface area contributed by atoms with Crippen LogP contribution < -0.4 is 5.32 Å². The summed E-state index contributed by atoms with van der Waals surface area (Å²) in [5.74, 6) is 0.503. The molecule has 152 valence electrons. The van der Waals surface area contributed by atoms with E-state index < -0.39 is 5.97 Å². The highest BCUT2D eigenvalue weighted by molar-refractivity contribution is 7.16. The van der Waals surface area contributed by atoms with Gasteiger partial charge in [-0.05, 0) is 50.5 Å². The lowest BCUT2D eigenvalue weighted by molar-refractivity contribution is 0.0527. The van der Waals surface area contributed by atoms with Gasteiger partial charge in [0.1, 0.15) is 10.8 Å². The zero-order valence-corrected chi connectivity index (χ0v) is 18.2. The van der Waals surface area contributed by atoms with Gasteiger partial charge in [0, 0.05) is 16.9 Å². The van der Waals surface area contributed by atoms with Crippen molar-refractivity contribution in [2.45, 2.75) is 60.8 Å². The number of anilines is 1. The van der Waals surface area contributed by atoms with Gasteiger partial charge in [-0.15, -0.1) is 11.3 Å². The number of nitrogens with one attached hydrogen (secondary N) is 1. The molecule has 7 heteroatoms. The van der Waals surface area contributed by atoms with Gasteiger partial charge in [-0.1, -0.05) is 25.9 Å². The largest absolute Gasteiger partial charge is 0.462 e. The summed E-state index contributed by atoms with van der Waals surface area (Å²) in [6.45, 7) is 12.5. The summed E-state index contributed by atoms with van der Waals surface area (Å²) >= 11 is 1.37. The summed E-state index contributed by atoms with van der Waals surface area (Å²) in [6, 6.07) is 0. The van der Waals surface area contributed by atoms with E-state index in [1.165, 1.54) is 11.3 Å². The third-order valence-electron chi connectivity index (χ3n) is 5.57. The molecule has 1 atom stereocenters. The molecule has 6 nitrogen and oxygen atoms in total. The van der Waals surface area contributed by atoms with Gasteiger partial charge in [0.15, 0.2) is 5.69 Å². The van der Waals surface area contributed by atoms with Crippen molar-refractivity contribution >= 4 is 28.2 Å². The number of rotatable bonds is 4. The Morgan fingerprint density at radius 2 is 2.04 bits per heavy atom. The number of nitrogens with zero attached hydrogens (tertiary/aromatic N) is 1. The molecule has 2 heterocycles. The van der Waals surface area contributed by atoms with Gasteiger partial charge in [-0.25, -0.2) is 4.79 Å². The number of carbonyl (C=O) groups is 2. The van der Waals surface area contributed by atoms with Crippen LogP contribution in [0.5, 0.6) is 0 Å². The molecule has 0 radical (unpaired) electrons. The average Bonchev–Trinajstić information content (AvgIpc) is 3.15. The van der Waals surface area contributed by atoms with Gasteiger partial charge in [0.2, 0.25) is 0 Å². The Balaban J connectivity index is 1.87. The van der Waals surface area contributed by atoms with Crippen LogP contribution in [0, 0.1) is 25.2 Å². The SMILES string of the molecule is CCOC(=O)c1c(NC(=O)c2noc3c2CC(C(C)(C)C)CC3)sc(C)c1C. The van der Waals surface area contributed by atoms with E-state index in [9.17, 15) is 9.59 Å². The summed E-state index contributed by atoms with van der Waals surface area (Å²) in [4.78, 5) is 26.3. The fourth-order valence-electron chi connectivity index (χ4n) is 3.65. The van der Waals surface area contributed by atoms with Crippen molar-refractivity contribution in [3.63, 3.8) is 0 Å². The molecule has 1 amide bonds. The minimum absolute atomic E-state index is 0.155. The van der Waals surface area contributed by atoms with Gasteiger partial charge < -0.3 is 14.6 Å². The van der Waals surface area contributed by atoms with Crippen LogP contribution >= 0.6 is 11.3 Å². The molecule has 0 spiro atoms. The van der Waals surface area contributed by atoms with Crippen molar-refractivity contribution in [1.82, 2.24) is 5.16 Å². The number of hydrogen-bond acceptors (Lipinski definition) is 6. The van der Waals surface area contributed by atoms with Crippen LogP contribution in [-0.4, -0.2) is 23.6 Å². The van der Waals surface area contributed by atoms with E-state index in [4.69, 9.17) is 9.26 Å². The number of esters is 1. The zero-order valence-electron chi connectivity index (χ0n) is 17.4. The number of fused-ring (bicyclic) bond motifs is 1. The first-order valence-corrected chi connectivity index (χ1v) is 10.5. The summed E-state index contributed by atoms with van der Waals surface area (Å²) in [5.41, 5.74) is 2.62. The predicted octanol–water partition coefficient (Wildman–Crippen LogP) is 4.93. The molecule has 0 bridgehead atoms. The molecule has 1 unspecified atom stereocenters. The Bertz CT molecular complexity index is 904. The molecule has 0 saturated carbocycles. The van der Waals surface area contributed by atoms with Crippen LogP contribution in [0.4, 0.5) is 5.00 Å². The second-order valence-corrected chi connectivity index (χ2v) is 9.63. The molecule has 1 aliphatic carbocycles. The molecular formula is C21H28N2O4S. The number of aryl methyl sites for hydroxylation is 2. The molecule has 2 aromatic rings. The standard InChI is InChI=1S/C21H28N2O4S/c1-7-26-20(25)16-11(2)12(3)28-19(16)22-18(24)17-14-10-13(21(4,5)6)8-9-15(14)27-23-17/h13H,7-10H2,1-6H3,(H,22,24). The fraction of sp³-hybridized carbons (Fsp3) is 0.571. The van der Waals surface area contributed by atoms with Crippen molar-refractivity contribution in [3.8, 4) is 0 Å². The van der Waals surface area contributed by atoms with Gasteiger partial charge in [-0.2, -0.15) is 0 Å². The maximum absolute atomic E-state index is 13.0. The van der Waals surface area contributed by atoms with Crippen LogP contribution in [-0.2, 0) is 17.6 Å². The number of amides is 1. The van der Waals surface area contributed by atoms with Crippen LogP contribution in [0.3, 0.4) is 0 Å². The third kappa shape index (κ3) is 3.85. The quantitative estimate of drug-likeness (QED) is 0.731. The van der Waals surface area contributed by atoms with Crippen molar-refractivity contribution < 1.29 is 18.8 Å². The molecule has 0 aliphatic heterocycles. The van der Waals surface area contributed by atoms with Crippen molar-refractivity contribution in [1.29, 1.82) is 0 Å². The van der Waals surface area contributed by atoms with E-state index >= 15 is 0 Å². The second kappa shape index (κ2) is 7.70. The van der Waals surface area contributed by atoms with Crippen LogP contribution in [0.25, 0.3) is 0 Å². The normalized spacial score (nSPS) is 16.6. The Hall–Kier alpha value is -2.15. The molecule has 0 fully saturated rings. The first-order valence-electron chi connectivity index (χ1n) is 9.69. The maximum atomic E-state index is 13.0. The third-order valence-corrected chi connectivity index (χ3v) is 6.69. The molecular weight excluding hydrogens is 376 g/mol. The summed E-state index contributed by atoms with van der Waals surface area (Å²) in [6.07, 6.45) is 2.60. The lowest BCUT2D eigenvalue weighted by Crippen LogP contribution is -2.27. The Kier molecular flexibility index (Phi) is 5.66. The summed E-state index contributed by atoms with van der Waals surface area (Å²) in [7, 11) is 0. The molecule has 0 aromatic carbocycles. The van der Waals surface area contributed by atoms with E-state index in [1.807, 2.05) is 13.8 Å². The van der Waals surface area contributed by atoms with E-state index in [-0.39, 0.29) is 17.9 Å². The van der Waals surface area contributed by atoms with Crippen LogP contribution in [0.1, 0.15) is 76.7 Å². The van der Waals surface area contributed by atoms with Crippen molar-refractivity contribution in [2.75, 3.05) is 11.9 Å². The smallest absolute Gasteiger partial charge is 0.341 e. The first kappa shape index (κ1) is 20.6. The molecule has 1 aliphatic rings. The summed E-state index contributed by atoms with van der Waals surface area (Å²) < 4.78 is 10.6. The lowest BCUT2D eigenvalue weighted by atomic mass is 9.71. The number of carbonyl (C=O) groups excluding carboxylic acids is 2. The zero-order chi connectivity index (χ0) is 20.6. The van der Waals surface area contributed by atoms with Crippen LogP contribution in [0.2, 0.25) is 0 Å². The monoisotopic (exact) mass is 404 g/mol. The second-order valence-electron chi connectivity index (χ2n) is 8.40. The molecule has 2 aromatic heterocycles. The number of aromatic nitrogens is 1. The maximum Gasteiger partial charge on any atom is 0.341 e. The predicted molar refractivity (Wildman–Crippen MR) is 109 cm³/mol.